The molecule has 1 aromatic carbocycles. The van der Waals surface area contributed by atoms with Crippen molar-refractivity contribution in [2.75, 3.05) is 12.5 Å². The first-order chi connectivity index (χ1) is 8.49. The van der Waals surface area contributed by atoms with E-state index in [1.807, 2.05) is 0 Å². The third-order valence-electron chi connectivity index (χ3n) is 3.31. The van der Waals surface area contributed by atoms with Gasteiger partial charge in [-0.2, -0.15) is 0 Å². The molecule has 0 saturated carbocycles. The SMILES string of the molecule is Cc1cc[n+](C)c(-c2ccc([SH](C)C)cc2C)c1. The molecule has 2 aromatic rings. The molecule has 0 bridgehead atoms. The summed E-state index contributed by atoms with van der Waals surface area (Å²) in [6.45, 7) is 4.35. The van der Waals surface area contributed by atoms with Crippen molar-refractivity contribution < 1.29 is 4.57 Å². The Kier molecular flexibility index (Phi) is 3.76. The van der Waals surface area contributed by atoms with Crippen LogP contribution < -0.4 is 4.57 Å². The Labute approximate surface area is 113 Å². The lowest BCUT2D eigenvalue weighted by Crippen LogP contribution is -2.30. The van der Waals surface area contributed by atoms with Gasteiger partial charge in [0.2, 0.25) is 5.69 Å². The number of hydrogen-bond acceptors (Lipinski definition) is 0. The second-order valence-electron chi connectivity index (χ2n) is 5.09. The molecule has 0 atom stereocenters. The monoisotopic (exact) mass is 260 g/mol. The van der Waals surface area contributed by atoms with Crippen LogP contribution in [0.4, 0.5) is 0 Å². The van der Waals surface area contributed by atoms with Crippen LogP contribution >= 0.6 is 10.9 Å². The van der Waals surface area contributed by atoms with Gasteiger partial charge in [-0.3, -0.25) is 0 Å². The van der Waals surface area contributed by atoms with Crippen molar-refractivity contribution in [2.24, 2.45) is 7.05 Å². The van der Waals surface area contributed by atoms with Crippen LogP contribution in [0, 0.1) is 13.8 Å². The molecule has 0 aliphatic rings. The molecule has 0 spiro atoms. The lowest BCUT2D eigenvalue weighted by Gasteiger charge is -2.12. The van der Waals surface area contributed by atoms with Crippen LogP contribution in [0.2, 0.25) is 0 Å². The molecule has 96 valence electrons. The summed E-state index contributed by atoms with van der Waals surface area (Å²) >= 11 is 0. The summed E-state index contributed by atoms with van der Waals surface area (Å²) in [5.41, 5.74) is 5.29. The number of pyridine rings is 1. The molecule has 2 rings (SSSR count). The largest absolute Gasteiger partial charge is 0.233 e. The number of rotatable bonds is 2. The van der Waals surface area contributed by atoms with Crippen LogP contribution in [0.15, 0.2) is 41.4 Å². The van der Waals surface area contributed by atoms with Gasteiger partial charge in [0, 0.05) is 17.7 Å². The van der Waals surface area contributed by atoms with Gasteiger partial charge >= 0.3 is 0 Å². The van der Waals surface area contributed by atoms with Gasteiger partial charge in [0.25, 0.3) is 0 Å². The van der Waals surface area contributed by atoms with Gasteiger partial charge in [-0.15, -0.1) is 0 Å². The second-order valence-corrected chi connectivity index (χ2v) is 7.40. The minimum Gasteiger partial charge on any atom is -0.233 e. The normalized spacial score (nSPS) is 11.5. The van der Waals surface area contributed by atoms with E-state index in [0.29, 0.717) is 0 Å². The van der Waals surface area contributed by atoms with Crippen LogP contribution in [0.1, 0.15) is 11.1 Å². The summed E-state index contributed by atoms with van der Waals surface area (Å²) in [5.74, 6) is 0. The van der Waals surface area contributed by atoms with E-state index in [1.165, 1.54) is 27.3 Å². The molecule has 0 aliphatic carbocycles. The summed E-state index contributed by atoms with van der Waals surface area (Å²) in [4.78, 5) is 1.47. The number of thiol groups is 1. The van der Waals surface area contributed by atoms with Crippen LogP contribution in [-0.2, 0) is 7.05 Å². The summed E-state index contributed by atoms with van der Waals surface area (Å²) in [6, 6.07) is 11.3. The number of aromatic nitrogens is 1. The van der Waals surface area contributed by atoms with Crippen molar-refractivity contribution in [3.8, 4) is 11.3 Å². The molecule has 0 fully saturated rings. The summed E-state index contributed by atoms with van der Waals surface area (Å²) in [7, 11) is 2.09. The van der Waals surface area contributed by atoms with E-state index in [2.05, 4.69) is 74.5 Å². The summed E-state index contributed by atoms with van der Waals surface area (Å²) < 4.78 is 2.19. The molecule has 0 amide bonds. The summed E-state index contributed by atoms with van der Waals surface area (Å²) in [5, 5.41) is 0. The zero-order valence-electron chi connectivity index (χ0n) is 11.9. The first kappa shape index (κ1) is 13.2. The Bertz CT molecular complexity index is 573. The third-order valence-corrected chi connectivity index (χ3v) is 4.62. The van der Waals surface area contributed by atoms with E-state index in [0.717, 1.165) is 0 Å². The minimum atomic E-state index is -0.0138. The average molecular weight is 260 g/mol. The van der Waals surface area contributed by atoms with Gasteiger partial charge < -0.3 is 0 Å². The first-order valence-electron chi connectivity index (χ1n) is 6.23. The highest BCUT2D eigenvalue weighted by atomic mass is 32.2. The fourth-order valence-electron chi connectivity index (χ4n) is 2.16. The molecule has 0 saturated heterocycles. The summed E-state index contributed by atoms with van der Waals surface area (Å²) in [6.07, 6.45) is 6.73. The second kappa shape index (κ2) is 5.15. The average Bonchev–Trinajstić information content (AvgIpc) is 2.32. The Balaban J connectivity index is 2.54. The van der Waals surface area contributed by atoms with Gasteiger partial charge in [0.15, 0.2) is 6.20 Å². The van der Waals surface area contributed by atoms with Crippen LogP contribution in [0.3, 0.4) is 0 Å². The van der Waals surface area contributed by atoms with Gasteiger partial charge in [0.05, 0.1) is 0 Å². The van der Waals surface area contributed by atoms with Crippen molar-refractivity contribution in [2.45, 2.75) is 18.7 Å². The molecule has 1 heterocycles. The predicted molar refractivity (Wildman–Crippen MR) is 81.6 cm³/mol. The van der Waals surface area contributed by atoms with E-state index >= 15 is 0 Å². The topological polar surface area (TPSA) is 3.88 Å². The molecular formula is C16H22NS+. The first-order valence-corrected chi connectivity index (χ1v) is 8.47. The Morgan fingerprint density at radius 3 is 2.33 bits per heavy atom. The third kappa shape index (κ3) is 2.59. The van der Waals surface area contributed by atoms with Crippen LogP contribution in [0.25, 0.3) is 11.3 Å². The fourth-order valence-corrected chi connectivity index (χ4v) is 2.98. The number of hydrogen-bond donors (Lipinski definition) is 1. The molecule has 0 radical (unpaired) electrons. The molecule has 0 unspecified atom stereocenters. The molecule has 0 N–H and O–H groups in total. The van der Waals surface area contributed by atoms with Crippen molar-refractivity contribution in [3.05, 3.63) is 47.7 Å². The zero-order valence-corrected chi connectivity index (χ0v) is 12.8. The Morgan fingerprint density at radius 1 is 1.00 bits per heavy atom. The maximum atomic E-state index is 2.34. The maximum Gasteiger partial charge on any atom is 0.212 e. The van der Waals surface area contributed by atoms with Crippen LogP contribution in [0.5, 0.6) is 0 Å². The lowest BCUT2D eigenvalue weighted by molar-refractivity contribution is -0.660. The van der Waals surface area contributed by atoms with Crippen molar-refractivity contribution in [1.29, 1.82) is 0 Å². The van der Waals surface area contributed by atoms with E-state index in [1.54, 1.807) is 0 Å². The molecule has 0 aliphatic heterocycles. The van der Waals surface area contributed by atoms with E-state index < -0.39 is 0 Å². The standard InChI is InChI=1S/C16H22NS/c1-12-8-9-17(3)16(10-12)15-7-6-14(18(4)5)11-13(15)2/h6-11,18H,1-5H3/q+1. The van der Waals surface area contributed by atoms with Crippen molar-refractivity contribution in [1.82, 2.24) is 0 Å². The van der Waals surface area contributed by atoms with E-state index in [-0.39, 0.29) is 10.9 Å². The quantitative estimate of drug-likeness (QED) is 0.623. The molecule has 1 aromatic heterocycles. The highest BCUT2D eigenvalue weighted by Crippen LogP contribution is 2.32. The van der Waals surface area contributed by atoms with Gasteiger partial charge in [0.1, 0.15) is 7.05 Å². The van der Waals surface area contributed by atoms with Gasteiger partial charge in [-0.1, -0.05) is 0 Å². The Hall–Kier alpha value is -1.28. The Morgan fingerprint density at radius 2 is 1.72 bits per heavy atom. The van der Waals surface area contributed by atoms with Crippen molar-refractivity contribution in [3.63, 3.8) is 0 Å². The highest BCUT2D eigenvalue weighted by molar-refractivity contribution is 8.15. The highest BCUT2D eigenvalue weighted by Gasteiger charge is 2.12. The number of aryl methyl sites for hydroxylation is 3. The fraction of sp³-hybridized carbons (Fsp3) is 0.312. The molecular weight excluding hydrogens is 238 g/mol. The van der Waals surface area contributed by atoms with Crippen LogP contribution in [-0.4, -0.2) is 12.5 Å². The van der Waals surface area contributed by atoms with Gasteiger partial charge in [-0.25, -0.2) is 15.5 Å². The predicted octanol–water partition coefficient (Wildman–Crippen LogP) is 3.41. The van der Waals surface area contributed by atoms with E-state index in [4.69, 9.17) is 0 Å². The minimum absolute atomic E-state index is 0.0138. The number of benzene rings is 1. The smallest absolute Gasteiger partial charge is 0.212 e. The maximum absolute atomic E-state index is 2.34. The van der Waals surface area contributed by atoms with Gasteiger partial charge in [-0.05, 0) is 60.6 Å². The molecule has 18 heavy (non-hydrogen) atoms. The molecule has 1 nitrogen and oxygen atoms in total. The van der Waals surface area contributed by atoms with E-state index in [9.17, 15) is 0 Å². The molecule has 2 heteroatoms. The lowest BCUT2D eigenvalue weighted by atomic mass is 10.0. The zero-order chi connectivity index (χ0) is 13.3. The number of nitrogens with zero attached hydrogens (tertiary/aromatic N) is 1. The van der Waals surface area contributed by atoms with Crippen molar-refractivity contribution >= 4 is 10.9 Å².